The Kier molecular flexibility index (Phi) is 4.99. The van der Waals surface area contributed by atoms with Gasteiger partial charge < -0.3 is 14.6 Å². The fraction of sp³-hybridized carbons (Fsp3) is 0.357. The number of aromatic nitrogens is 1. The Balaban J connectivity index is 1.97. The van der Waals surface area contributed by atoms with Gasteiger partial charge in [0.2, 0.25) is 5.91 Å². The van der Waals surface area contributed by atoms with Gasteiger partial charge in [0, 0.05) is 36.4 Å². The molecule has 0 aliphatic carbocycles. The first-order valence-electron chi connectivity index (χ1n) is 6.21. The van der Waals surface area contributed by atoms with Gasteiger partial charge in [0.25, 0.3) is 0 Å². The number of halogens is 1. The van der Waals surface area contributed by atoms with Crippen LogP contribution in [0, 0.1) is 0 Å². The molecule has 1 aromatic heterocycles. The van der Waals surface area contributed by atoms with E-state index in [4.69, 9.17) is 4.74 Å². The number of benzene rings is 1. The van der Waals surface area contributed by atoms with E-state index in [9.17, 15) is 4.79 Å². The van der Waals surface area contributed by atoms with E-state index in [1.54, 1.807) is 7.11 Å². The van der Waals surface area contributed by atoms with E-state index in [2.05, 4.69) is 21.2 Å². The number of carbonyl (C=O) groups excluding carboxylic acids is 1. The largest absolute Gasteiger partial charge is 0.385 e. The molecule has 5 heteroatoms. The van der Waals surface area contributed by atoms with Crippen molar-refractivity contribution in [1.82, 2.24) is 9.88 Å². The third-order valence-corrected chi connectivity index (χ3v) is 3.39. The molecule has 1 heterocycles. The molecule has 0 unspecified atom stereocenters. The highest BCUT2D eigenvalue weighted by molar-refractivity contribution is 9.10. The fourth-order valence-corrected chi connectivity index (χ4v) is 2.30. The molecular weight excluding hydrogens is 308 g/mol. The maximum Gasteiger partial charge on any atom is 0.239 e. The van der Waals surface area contributed by atoms with Gasteiger partial charge in [-0.15, -0.1) is 0 Å². The molecule has 2 aromatic rings. The van der Waals surface area contributed by atoms with Gasteiger partial charge in [-0.05, 0) is 30.0 Å². The Morgan fingerprint density at radius 1 is 1.42 bits per heavy atom. The van der Waals surface area contributed by atoms with Crippen LogP contribution in [-0.4, -0.2) is 30.7 Å². The maximum atomic E-state index is 11.8. The number of carbonyl (C=O) groups is 1. The van der Waals surface area contributed by atoms with Crippen molar-refractivity contribution in [3.8, 4) is 0 Å². The van der Waals surface area contributed by atoms with Crippen LogP contribution >= 0.6 is 15.9 Å². The van der Waals surface area contributed by atoms with E-state index < -0.39 is 0 Å². The minimum absolute atomic E-state index is 0.0218. The van der Waals surface area contributed by atoms with Gasteiger partial charge in [-0.2, -0.15) is 0 Å². The molecule has 0 saturated carbocycles. The van der Waals surface area contributed by atoms with E-state index >= 15 is 0 Å². The monoisotopic (exact) mass is 324 g/mol. The Bertz CT molecular complexity index is 566. The smallest absolute Gasteiger partial charge is 0.239 e. The van der Waals surface area contributed by atoms with Crippen LogP contribution in [0.25, 0.3) is 10.9 Å². The standard InChI is InChI=1S/C14H17BrN2O2/c1-19-8-2-6-16-14(18)10-17-7-5-11-3-4-12(15)9-13(11)17/h3-5,7,9H,2,6,8,10H2,1H3,(H,16,18). The molecule has 4 nitrogen and oxygen atoms in total. The first kappa shape index (κ1) is 14.1. The zero-order valence-electron chi connectivity index (χ0n) is 10.9. The number of fused-ring (bicyclic) bond motifs is 1. The summed E-state index contributed by atoms with van der Waals surface area (Å²) in [5.74, 6) is 0.0218. The first-order valence-corrected chi connectivity index (χ1v) is 7.00. The number of nitrogens with one attached hydrogen (secondary N) is 1. The highest BCUT2D eigenvalue weighted by atomic mass is 79.9. The molecular formula is C14H17BrN2O2. The number of amides is 1. The van der Waals surface area contributed by atoms with Crippen LogP contribution in [-0.2, 0) is 16.1 Å². The zero-order chi connectivity index (χ0) is 13.7. The Morgan fingerprint density at radius 3 is 3.05 bits per heavy atom. The predicted octanol–water partition coefficient (Wildman–Crippen LogP) is 2.56. The third-order valence-electron chi connectivity index (χ3n) is 2.90. The van der Waals surface area contributed by atoms with E-state index in [1.165, 1.54) is 0 Å². The summed E-state index contributed by atoms with van der Waals surface area (Å²) in [6, 6.07) is 8.07. The highest BCUT2D eigenvalue weighted by Gasteiger charge is 2.06. The van der Waals surface area contributed by atoms with Crippen LogP contribution in [0.1, 0.15) is 6.42 Å². The third kappa shape index (κ3) is 3.81. The van der Waals surface area contributed by atoms with Crippen molar-refractivity contribution in [3.05, 3.63) is 34.9 Å². The van der Waals surface area contributed by atoms with Gasteiger partial charge in [0.15, 0.2) is 0 Å². The number of methoxy groups -OCH3 is 1. The summed E-state index contributed by atoms with van der Waals surface area (Å²) in [5, 5.41) is 4.02. The predicted molar refractivity (Wildman–Crippen MR) is 79.1 cm³/mol. The first-order chi connectivity index (χ1) is 9.20. The molecule has 0 aliphatic heterocycles. The van der Waals surface area contributed by atoms with Crippen LogP contribution in [0.15, 0.2) is 34.9 Å². The molecule has 1 amide bonds. The van der Waals surface area contributed by atoms with Gasteiger partial charge in [-0.1, -0.05) is 22.0 Å². The average Bonchev–Trinajstić information content (AvgIpc) is 2.77. The summed E-state index contributed by atoms with van der Waals surface area (Å²) in [6.45, 7) is 1.65. The number of ether oxygens (including phenoxy) is 1. The highest BCUT2D eigenvalue weighted by Crippen LogP contribution is 2.20. The Hall–Kier alpha value is -1.33. The second kappa shape index (κ2) is 6.73. The summed E-state index contributed by atoms with van der Waals surface area (Å²) in [5.41, 5.74) is 1.06. The normalized spacial score (nSPS) is 10.8. The van der Waals surface area contributed by atoms with Crippen LogP contribution in [0.4, 0.5) is 0 Å². The van der Waals surface area contributed by atoms with Crippen LogP contribution < -0.4 is 5.32 Å². The summed E-state index contributed by atoms with van der Waals surface area (Å²) in [7, 11) is 1.66. The van der Waals surface area contributed by atoms with Gasteiger partial charge in [-0.3, -0.25) is 4.79 Å². The van der Waals surface area contributed by atoms with Crippen molar-refractivity contribution in [1.29, 1.82) is 0 Å². The van der Waals surface area contributed by atoms with E-state index in [0.717, 1.165) is 21.8 Å². The summed E-state index contributed by atoms with van der Waals surface area (Å²) in [4.78, 5) is 11.8. The lowest BCUT2D eigenvalue weighted by atomic mass is 10.2. The Labute approximate surface area is 120 Å². The van der Waals surface area contributed by atoms with Gasteiger partial charge in [0.05, 0.1) is 0 Å². The molecule has 0 bridgehead atoms. The number of hydrogen-bond donors (Lipinski definition) is 1. The SMILES string of the molecule is COCCCNC(=O)Cn1ccc2ccc(Br)cc21. The molecule has 0 aliphatic rings. The number of hydrogen-bond acceptors (Lipinski definition) is 2. The van der Waals surface area contributed by atoms with Crippen molar-refractivity contribution in [3.63, 3.8) is 0 Å². The fourth-order valence-electron chi connectivity index (χ4n) is 1.95. The molecule has 0 radical (unpaired) electrons. The van der Waals surface area contributed by atoms with Gasteiger partial charge in [-0.25, -0.2) is 0 Å². The number of nitrogens with zero attached hydrogens (tertiary/aromatic N) is 1. The van der Waals surface area contributed by atoms with Gasteiger partial charge in [0.1, 0.15) is 6.54 Å². The van der Waals surface area contributed by atoms with Crippen LogP contribution in [0.5, 0.6) is 0 Å². The van der Waals surface area contributed by atoms with Crippen molar-refractivity contribution >= 4 is 32.7 Å². The summed E-state index contributed by atoms with van der Waals surface area (Å²) >= 11 is 3.45. The molecule has 0 atom stereocenters. The lowest BCUT2D eigenvalue weighted by Gasteiger charge is -2.07. The zero-order valence-corrected chi connectivity index (χ0v) is 12.4. The summed E-state index contributed by atoms with van der Waals surface area (Å²) < 4.78 is 7.90. The Morgan fingerprint density at radius 2 is 2.26 bits per heavy atom. The molecule has 0 spiro atoms. The minimum Gasteiger partial charge on any atom is -0.385 e. The quantitative estimate of drug-likeness (QED) is 0.830. The molecule has 1 N–H and O–H groups in total. The molecule has 102 valence electrons. The van der Waals surface area contributed by atoms with Crippen LogP contribution in [0.3, 0.4) is 0 Å². The molecule has 19 heavy (non-hydrogen) atoms. The molecule has 1 aromatic carbocycles. The van der Waals surface area contributed by atoms with Crippen molar-refractivity contribution < 1.29 is 9.53 Å². The van der Waals surface area contributed by atoms with Crippen molar-refractivity contribution in [2.75, 3.05) is 20.3 Å². The van der Waals surface area contributed by atoms with E-state index in [1.807, 2.05) is 35.0 Å². The molecule has 2 rings (SSSR count). The van der Waals surface area contributed by atoms with Crippen molar-refractivity contribution in [2.45, 2.75) is 13.0 Å². The van der Waals surface area contributed by atoms with E-state index in [-0.39, 0.29) is 5.91 Å². The average molecular weight is 325 g/mol. The summed E-state index contributed by atoms with van der Waals surface area (Å²) in [6.07, 6.45) is 2.77. The lowest BCUT2D eigenvalue weighted by molar-refractivity contribution is -0.121. The minimum atomic E-state index is 0.0218. The van der Waals surface area contributed by atoms with Gasteiger partial charge >= 0.3 is 0 Å². The topological polar surface area (TPSA) is 43.3 Å². The lowest BCUT2D eigenvalue weighted by Crippen LogP contribution is -2.28. The van der Waals surface area contributed by atoms with Crippen LogP contribution in [0.2, 0.25) is 0 Å². The van der Waals surface area contributed by atoms with E-state index in [0.29, 0.717) is 19.7 Å². The maximum absolute atomic E-state index is 11.8. The van der Waals surface area contributed by atoms with Crippen molar-refractivity contribution in [2.24, 2.45) is 0 Å². The number of rotatable bonds is 6. The molecule has 0 fully saturated rings. The molecule has 0 saturated heterocycles. The second-order valence-electron chi connectivity index (χ2n) is 4.34. The second-order valence-corrected chi connectivity index (χ2v) is 5.26.